The van der Waals surface area contributed by atoms with Crippen molar-refractivity contribution in [2.45, 2.75) is 42.6 Å². The Hall–Kier alpha value is -0.280. The van der Waals surface area contributed by atoms with Crippen LogP contribution in [0.25, 0.3) is 0 Å². The highest BCUT2D eigenvalue weighted by Gasteiger charge is 2.76. The summed E-state index contributed by atoms with van der Waals surface area (Å²) in [5.74, 6) is 0. The molecule has 0 bridgehead atoms. The standard InChI is InChI=1S/C13H16OS2/c1-11(2)9-7-5-6-8-10(9)12(3,4)13(11)15-16(13)14/h5-8H,1-4H3. The Bertz CT molecular complexity index is 467. The van der Waals surface area contributed by atoms with Gasteiger partial charge >= 0.3 is 0 Å². The fourth-order valence-corrected chi connectivity index (χ4v) is 8.58. The van der Waals surface area contributed by atoms with E-state index < -0.39 is 9.83 Å². The van der Waals surface area contributed by atoms with Crippen LogP contribution in [0.4, 0.5) is 0 Å². The first-order chi connectivity index (χ1) is 7.36. The highest BCUT2D eigenvalue weighted by molar-refractivity contribution is 8.86. The average molecular weight is 252 g/mol. The number of hydrogen-bond donors (Lipinski definition) is 0. The minimum absolute atomic E-state index is 0.00260. The van der Waals surface area contributed by atoms with Crippen molar-refractivity contribution >= 4 is 20.6 Å². The Balaban J connectivity index is 2.35. The molecule has 0 N–H and O–H groups in total. The van der Waals surface area contributed by atoms with Gasteiger partial charge in [0.25, 0.3) is 0 Å². The molecule has 86 valence electrons. The molecule has 0 radical (unpaired) electrons. The van der Waals surface area contributed by atoms with Gasteiger partial charge in [0, 0.05) is 10.8 Å². The van der Waals surface area contributed by atoms with E-state index in [-0.39, 0.29) is 14.9 Å². The zero-order valence-electron chi connectivity index (χ0n) is 10.0. The zero-order valence-corrected chi connectivity index (χ0v) is 11.7. The maximum absolute atomic E-state index is 12.1. The molecule has 1 unspecified atom stereocenters. The van der Waals surface area contributed by atoms with Crippen molar-refractivity contribution in [3.63, 3.8) is 0 Å². The molecule has 1 aliphatic carbocycles. The molecule has 1 aliphatic heterocycles. The average Bonchev–Trinajstić information content (AvgIpc) is 2.89. The summed E-state index contributed by atoms with van der Waals surface area (Å²) < 4.78 is 12.0. The molecular formula is C13H16OS2. The molecule has 2 aliphatic rings. The van der Waals surface area contributed by atoms with Gasteiger partial charge in [-0.2, -0.15) is 0 Å². The largest absolute Gasteiger partial charge is 0.246 e. The summed E-state index contributed by atoms with van der Waals surface area (Å²) in [6.07, 6.45) is 0. The van der Waals surface area contributed by atoms with Crippen LogP contribution >= 0.6 is 10.8 Å². The van der Waals surface area contributed by atoms with Gasteiger partial charge in [-0.25, -0.2) is 4.21 Å². The van der Waals surface area contributed by atoms with E-state index in [0.717, 1.165) is 0 Å². The van der Waals surface area contributed by atoms with Crippen LogP contribution in [-0.2, 0) is 20.7 Å². The van der Waals surface area contributed by atoms with Crippen molar-refractivity contribution in [3.8, 4) is 0 Å². The lowest BCUT2D eigenvalue weighted by atomic mass is 9.80. The molecule has 0 amide bonds. The Labute approximate surface area is 103 Å². The second-order valence-electron chi connectivity index (χ2n) is 5.73. The van der Waals surface area contributed by atoms with Crippen LogP contribution in [-0.4, -0.2) is 8.29 Å². The third-order valence-corrected chi connectivity index (χ3v) is 9.07. The van der Waals surface area contributed by atoms with Crippen LogP contribution < -0.4 is 0 Å². The van der Waals surface area contributed by atoms with E-state index in [1.807, 2.05) is 0 Å². The van der Waals surface area contributed by atoms with Gasteiger partial charge in [-0.3, -0.25) is 0 Å². The Morgan fingerprint density at radius 1 is 1.00 bits per heavy atom. The molecule has 1 aromatic rings. The van der Waals surface area contributed by atoms with E-state index in [1.165, 1.54) is 11.1 Å². The van der Waals surface area contributed by atoms with E-state index in [1.54, 1.807) is 10.8 Å². The highest BCUT2D eigenvalue weighted by Crippen LogP contribution is 2.75. The number of hydrogen-bond acceptors (Lipinski definition) is 2. The van der Waals surface area contributed by atoms with Crippen molar-refractivity contribution in [1.82, 2.24) is 0 Å². The minimum Gasteiger partial charge on any atom is -0.246 e. The predicted molar refractivity (Wildman–Crippen MR) is 71.0 cm³/mol. The molecule has 1 fully saturated rings. The van der Waals surface area contributed by atoms with Crippen LogP contribution in [0, 0.1) is 0 Å². The molecule has 1 saturated heterocycles. The van der Waals surface area contributed by atoms with Crippen LogP contribution in [0.15, 0.2) is 24.3 Å². The third-order valence-electron chi connectivity index (χ3n) is 4.32. The maximum Gasteiger partial charge on any atom is 0.132 e. The molecule has 3 rings (SSSR count). The Morgan fingerprint density at radius 3 is 1.69 bits per heavy atom. The topological polar surface area (TPSA) is 17.1 Å². The van der Waals surface area contributed by atoms with Crippen LogP contribution in [0.3, 0.4) is 0 Å². The van der Waals surface area contributed by atoms with Crippen molar-refractivity contribution in [3.05, 3.63) is 35.4 Å². The Kier molecular flexibility index (Phi) is 1.87. The van der Waals surface area contributed by atoms with Gasteiger partial charge in [-0.15, -0.1) is 0 Å². The van der Waals surface area contributed by atoms with E-state index in [9.17, 15) is 4.21 Å². The van der Waals surface area contributed by atoms with Crippen molar-refractivity contribution in [2.24, 2.45) is 0 Å². The van der Waals surface area contributed by atoms with Crippen LogP contribution in [0.5, 0.6) is 0 Å². The smallest absolute Gasteiger partial charge is 0.132 e. The summed E-state index contributed by atoms with van der Waals surface area (Å²) in [6, 6.07) is 8.57. The predicted octanol–water partition coefficient (Wildman–Crippen LogP) is 3.36. The fraction of sp³-hybridized carbons (Fsp3) is 0.538. The fourth-order valence-electron chi connectivity index (χ4n) is 3.42. The summed E-state index contributed by atoms with van der Waals surface area (Å²) in [5, 5.41) is 0. The van der Waals surface area contributed by atoms with E-state index in [4.69, 9.17) is 0 Å². The summed E-state index contributed by atoms with van der Waals surface area (Å²) >= 11 is 0. The lowest BCUT2D eigenvalue weighted by Gasteiger charge is -2.32. The van der Waals surface area contributed by atoms with Gasteiger partial charge < -0.3 is 0 Å². The van der Waals surface area contributed by atoms with Gasteiger partial charge in [-0.1, -0.05) is 52.0 Å². The third kappa shape index (κ3) is 0.898. The first-order valence-corrected chi connectivity index (χ1v) is 8.05. The molecule has 1 heterocycles. The lowest BCUT2D eigenvalue weighted by Crippen LogP contribution is -2.42. The van der Waals surface area contributed by atoms with Crippen molar-refractivity contribution in [2.75, 3.05) is 0 Å². The normalized spacial score (nSPS) is 31.4. The molecule has 0 aromatic heterocycles. The molecular weight excluding hydrogens is 236 g/mol. The van der Waals surface area contributed by atoms with E-state index in [0.29, 0.717) is 0 Å². The van der Waals surface area contributed by atoms with E-state index >= 15 is 0 Å². The number of fused-ring (bicyclic) bond motifs is 1. The van der Waals surface area contributed by atoms with Gasteiger partial charge in [0.1, 0.15) is 13.9 Å². The molecule has 0 saturated carbocycles. The summed E-state index contributed by atoms with van der Waals surface area (Å²) in [7, 11) is 0.901. The molecule has 1 aromatic carbocycles. The molecule has 1 atom stereocenters. The highest BCUT2D eigenvalue weighted by atomic mass is 33.2. The number of rotatable bonds is 0. The van der Waals surface area contributed by atoms with E-state index in [2.05, 4.69) is 52.0 Å². The number of benzene rings is 1. The first kappa shape index (κ1) is 10.8. The molecule has 3 heteroatoms. The van der Waals surface area contributed by atoms with Crippen LogP contribution in [0.1, 0.15) is 38.8 Å². The first-order valence-electron chi connectivity index (χ1n) is 5.57. The second-order valence-corrected chi connectivity index (χ2v) is 9.26. The Morgan fingerprint density at radius 2 is 1.38 bits per heavy atom. The summed E-state index contributed by atoms with van der Waals surface area (Å²) in [4.78, 5) is 0. The molecule has 16 heavy (non-hydrogen) atoms. The van der Waals surface area contributed by atoms with Crippen LogP contribution in [0.2, 0.25) is 0 Å². The molecule has 1 nitrogen and oxygen atoms in total. The van der Waals surface area contributed by atoms with Crippen molar-refractivity contribution in [1.29, 1.82) is 0 Å². The van der Waals surface area contributed by atoms with Gasteiger partial charge in [0.05, 0.1) is 0 Å². The van der Waals surface area contributed by atoms with Gasteiger partial charge in [0.2, 0.25) is 0 Å². The zero-order chi connectivity index (χ0) is 11.8. The quantitative estimate of drug-likeness (QED) is 0.520. The van der Waals surface area contributed by atoms with Gasteiger partial charge in [-0.05, 0) is 21.9 Å². The van der Waals surface area contributed by atoms with Gasteiger partial charge in [0.15, 0.2) is 0 Å². The van der Waals surface area contributed by atoms with Crippen molar-refractivity contribution < 1.29 is 4.21 Å². The minimum atomic E-state index is -0.744. The monoisotopic (exact) mass is 252 g/mol. The summed E-state index contributed by atoms with van der Waals surface area (Å²) in [6.45, 7) is 8.94. The maximum atomic E-state index is 12.1. The SMILES string of the molecule is CC1(C)c2ccccc2C(C)(C)C12SS2=O. The summed E-state index contributed by atoms with van der Waals surface area (Å²) in [5.41, 5.74) is 2.75. The second kappa shape index (κ2) is 2.75. The molecule has 1 spiro atoms. The lowest BCUT2D eigenvalue weighted by molar-refractivity contribution is 0.393.